The second-order valence-electron chi connectivity index (χ2n) is 4.07. The van der Waals surface area contributed by atoms with Crippen molar-refractivity contribution in [3.05, 3.63) is 31.8 Å². The molecule has 2 rings (SSSR count). The predicted molar refractivity (Wildman–Crippen MR) is 81.4 cm³/mol. The molecule has 0 aliphatic carbocycles. The van der Waals surface area contributed by atoms with E-state index in [1.54, 1.807) is 11.0 Å². The molecule has 0 radical (unpaired) electrons. The fourth-order valence-electron chi connectivity index (χ4n) is 1.75. The highest BCUT2D eigenvalue weighted by molar-refractivity contribution is 14.1. The first-order valence-corrected chi connectivity index (χ1v) is 9.03. The molecule has 7 heteroatoms. The number of rotatable bonds is 1. The van der Waals surface area contributed by atoms with Crippen LogP contribution < -0.4 is 0 Å². The second kappa shape index (κ2) is 5.46. The maximum Gasteiger partial charge on any atom is 0.255 e. The first-order chi connectivity index (χ1) is 8.39. The normalized spacial score (nSPS) is 18.7. The smallest absolute Gasteiger partial charge is 0.255 e. The van der Waals surface area contributed by atoms with E-state index in [-0.39, 0.29) is 30.5 Å². The number of sulfone groups is 1. The van der Waals surface area contributed by atoms with Gasteiger partial charge in [0.05, 0.1) is 17.1 Å². The summed E-state index contributed by atoms with van der Waals surface area (Å²) < 4.78 is 24.4. The lowest BCUT2D eigenvalue weighted by Gasteiger charge is -2.27. The number of hydrogen-bond acceptors (Lipinski definition) is 3. The lowest BCUT2D eigenvalue weighted by molar-refractivity contribution is 0.0769. The molecule has 1 amide bonds. The molecule has 0 unspecified atom stereocenters. The van der Waals surface area contributed by atoms with Crippen molar-refractivity contribution in [2.24, 2.45) is 0 Å². The van der Waals surface area contributed by atoms with E-state index in [0.29, 0.717) is 5.56 Å². The van der Waals surface area contributed by atoms with Gasteiger partial charge in [-0.3, -0.25) is 4.79 Å². The minimum Gasteiger partial charge on any atom is -0.337 e. The van der Waals surface area contributed by atoms with Crippen molar-refractivity contribution in [1.29, 1.82) is 0 Å². The molecule has 1 aliphatic heterocycles. The number of hydrogen-bond donors (Lipinski definition) is 0. The topological polar surface area (TPSA) is 54.5 Å². The number of benzene rings is 1. The molecular formula is C11H11BrINO3S. The average Bonchev–Trinajstić information content (AvgIpc) is 2.31. The molecule has 1 aromatic rings. The van der Waals surface area contributed by atoms with Crippen molar-refractivity contribution < 1.29 is 13.2 Å². The van der Waals surface area contributed by atoms with E-state index in [1.807, 2.05) is 12.1 Å². The molecule has 1 aliphatic rings. The zero-order valence-electron chi connectivity index (χ0n) is 9.40. The summed E-state index contributed by atoms with van der Waals surface area (Å²) in [6.45, 7) is 0.554. The lowest BCUT2D eigenvalue weighted by atomic mass is 10.2. The minimum atomic E-state index is -2.96. The van der Waals surface area contributed by atoms with Gasteiger partial charge in [-0.05, 0) is 56.7 Å². The molecular weight excluding hydrogens is 433 g/mol. The summed E-state index contributed by atoms with van der Waals surface area (Å²) in [6.07, 6.45) is 0. The summed E-state index contributed by atoms with van der Waals surface area (Å²) in [6, 6.07) is 5.54. The molecule has 1 heterocycles. The Morgan fingerprint density at radius 1 is 1.28 bits per heavy atom. The number of amides is 1. The van der Waals surface area contributed by atoms with Crippen molar-refractivity contribution in [2.45, 2.75) is 0 Å². The molecule has 0 aromatic heterocycles. The van der Waals surface area contributed by atoms with E-state index in [2.05, 4.69) is 38.5 Å². The maximum absolute atomic E-state index is 12.3. The third-order valence-corrected chi connectivity index (χ3v) is 5.76. The highest BCUT2D eigenvalue weighted by Gasteiger charge is 2.26. The van der Waals surface area contributed by atoms with Crippen molar-refractivity contribution in [1.82, 2.24) is 4.90 Å². The predicted octanol–water partition coefficient (Wildman–Crippen LogP) is 1.92. The Morgan fingerprint density at radius 2 is 1.89 bits per heavy atom. The van der Waals surface area contributed by atoms with Gasteiger partial charge < -0.3 is 4.90 Å². The third-order valence-electron chi connectivity index (χ3n) is 2.79. The van der Waals surface area contributed by atoms with Crippen LogP contribution in [0.1, 0.15) is 10.4 Å². The lowest BCUT2D eigenvalue weighted by Crippen LogP contribution is -2.43. The Balaban J connectivity index is 2.20. The van der Waals surface area contributed by atoms with E-state index in [4.69, 9.17) is 0 Å². The van der Waals surface area contributed by atoms with E-state index in [9.17, 15) is 13.2 Å². The zero-order chi connectivity index (χ0) is 13.3. The Bertz CT molecular complexity index is 574. The Hall–Kier alpha value is -0.150. The quantitative estimate of drug-likeness (QED) is 0.623. The zero-order valence-corrected chi connectivity index (χ0v) is 14.0. The van der Waals surface area contributed by atoms with Crippen LogP contribution in [0.25, 0.3) is 0 Å². The van der Waals surface area contributed by atoms with Crippen LogP contribution in [0.15, 0.2) is 22.7 Å². The summed E-state index contributed by atoms with van der Waals surface area (Å²) in [5.74, 6) is -0.00380. The molecule has 1 aromatic carbocycles. The van der Waals surface area contributed by atoms with Crippen molar-refractivity contribution >= 4 is 54.3 Å². The SMILES string of the molecule is O=C(c1cc(I)ccc1Br)N1CCS(=O)(=O)CC1. The summed E-state index contributed by atoms with van der Waals surface area (Å²) in [5, 5.41) is 0. The van der Waals surface area contributed by atoms with E-state index in [1.165, 1.54) is 0 Å². The van der Waals surface area contributed by atoms with Gasteiger partial charge in [-0.1, -0.05) is 0 Å². The van der Waals surface area contributed by atoms with Crippen molar-refractivity contribution in [3.63, 3.8) is 0 Å². The van der Waals surface area contributed by atoms with Gasteiger partial charge in [-0.25, -0.2) is 8.42 Å². The van der Waals surface area contributed by atoms with Gasteiger partial charge in [0, 0.05) is 21.1 Å². The highest BCUT2D eigenvalue weighted by atomic mass is 127. The largest absolute Gasteiger partial charge is 0.337 e. The molecule has 1 fully saturated rings. The van der Waals surface area contributed by atoms with Gasteiger partial charge in [0.15, 0.2) is 9.84 Å². The molecule has 0 saturated carbocycles. The molecule has 4 nitrogen and oxygen atoms in total. The monoisotopic (exact) mass is 443 g/mol. The summed E-state index contributed by atoms with van der Waals surface area (Å²) in [7, 11) is -2.96. The molecule has 0 atom stereocenters. The summed E-state index contributed by atoms with van der Waals surface area (Å²) in [4.78, 5) is 13.9. The minimum absolute atomic E-state index is 0.0558. The van der Waals surface area contributed by atoms with Gasteiger partial charge in [0.25, 0.3) is 5.91 Å². The van der Waals surface area contributed by atoms with Gasteiger partial charge >= 0.3 is 0 Å². The molecule has 18 heavy (non-hydrogen) atoms. The van der Waals surface area contributed by atoms with Crippen molar-refractivity contribution in [3.8, 4) is 0 Å². The number of carbonyl (C=O) groups excluding carboxylic acids is 1. The molecule has 0 N–H and O–H groups in total. The van der Waals surface area contributed by atoms with Gasteiger partial charge in [0.1, 0.15) is 0 Å². The van der Waals surface area contributed by atoms with Gasteiger partial charge in [-0.2, -0.15) is 0 Å². The van der Waals surface area contributed by atoms with E-state index in [0.717, 1.165) is 8.04 Å². The summed E-state index contributed by atoms with van der Waals surface area (Å²) in [5.41, 5.74) is 0.584. The number of nitrogens with zero attached hydrogens (tertiary/aromatic N) is 1. The summed E-state index contributed by atoms with van der Waals surface area (Å²) >= 11 is 5.50. The molecule has 0 spiro atoms. The van der Waals surface area contributed by atoms with E-state index >= 15 is 0 Å². The third kappa shape index (κ3) is 3.24. The fourth-order valence-corrected chi connectivity index (χ4v) is 3.86. The first kappa shape index (κ1) is 14.3. The van der Waals surface area contributed by atoms with Crippen LogP contribution in [0.2, 0.25) is 0 Å². The van der Waals surface area contributed by atoms with Crippen molar-refractivity contribution in [2.75, 3.05) is 24.6 Å². The highest BCUT2D eigenvalue weighted by Crippen LogP contribution is 2.21. The van der Waals surface area contributed by atoms with Crippen LogP contribution in [0.4, 0.5) is 0 Å². The van der Waals surface area contributed by atoms with Crippen LogP contribution in [0.3, 0.4) is 0 Å². The van der Waals surface area contributed by atoms with E-state index < -0.39 is 9.84 Å². The van der Waals surface area contributed by atoms with Gasteiger partial charge in [0.2, 0.25) is 0 Å². The number of halogens is 2. The van der Waals surface area contributed by atoms with Crippen LogP contribution in [0.5, 0.6) is 0 Å². The molecule has 98 valence electrons. The molecule has 1 saturated heterocycles. The Labute approximate surface area is 128 Å². The standard InChI is InChI=1S/C11H11BrINO3S/c12-10-2-1-8(13)7-9(10)11(15)14-3-5-18(16,17)6-4-14/h1-2,7H,3-6H2. The van der Waals surface area contributed by atoms with Gasteiger partial charge in [-0.15, -0.1) is 0 Å². The average molecular weight is 444 g/mol. The molecule has 0 bridgehead atoms. The number of carbonyl (C=O) groups is 1. The fraction of sp³-hybridized carbons (Fsp3) is 0.364. The first-order valence-electron chi connectivity index (χ1n) is 5.34. The van der Waals surface area contributed by atoms with Crippen LogP contribution in [-0.4, -0.2) is 43.8 Å². The van der Waals surface area contributed by atoms with Crippen LogP contribution in [-0.2, 0) is 9.84 Å². The Kier molecular flexibility index (Phi) is 4.32. The maximum atomic E-state index is 12.3. The van der Waals surface area contributed by atoms with Crippen LogP contribution >= 0.6 is 38.5 Å². The Morgan fingerprint density at radius 3 is 2.50 bits per heavy atom. The second-order valence-corrected chi connectivity index (χ2v) is 8.47. The van der Waals surface area contributed by atoms with Crippen LogP contribution in [0, 0.1) is 3.57 Å².